The molecule has 1 fully saturated rings. The molecule has 2 aromatic rings. The summed E-state index contributed by atoms with van der Waals surface area (Å²) in [6.07, 6.45) is 6.82. The molecule has 0 radical (unpaired) electrons. The van der Waals surface area contributed by atoms with E-state index < -0.39 is 0 Å². The highest BCUT2D eigenvalue weighted by Crippen LogP contribution is 2.31. The fourth-order valence-corrected chi connectivity index (χ4v) is 4.24. The first-order chi connectivity index (χ1) is 13.5. The van der Waals surface area contributed by atoms with Crippen LogP contribution < -0.4 is 0 Å². The van der Waals surface area contributed by atoms with Gasteiger partial charge in [-0.2, -0.15) is 5.10 Å². The van der Waals surface area contributed by atoms with Crippen LogP contribution in [0.3, 0.4) is 0 Å². The van der Waals surface area contributed by atoms with Gasteiger partial charge in [-0.25, -0.2) is 9.97 Å². The van der Waals surface area contributed by atoms with E-state index in [9.17, 15) is 4.79 Å². The van der Waals surface area contributed by atoms with Gasteiger partial charge in [0, 0.05) is 49.2 Å². The van der Waals surface area contributed by atoms with E-state index in [0.717, 1.165) is 69.0 Å². The van der Waals surface area contributed by atoms with E-state index >= 15 is 0 Å². The smallest absolute Gasteiger partial charge is 0.274 e. The van der Waals surface area contributed by atoms with Crippen molar-refractivity contribution in [2.75, 3.05) is 20.1 Å². The van der Waals surface area contributed by atoms with Crippen molar-refractivity contribution >= 4 is 5.91 Å². The maximum atomic E-state index is 13.2. The van der Waals surface area contributed by atoms with E-state index in [1.54, 1.807) is 0 Å². The van der Waals surface area contributed by atoms with Gasteiger partial charge in [0.05, 0.1) is 6.04 Å². The van der Waals surface area contributed by atoms with Crippen molar-refractivity contribution in [1.29, 1.82) is 0 Å². The topological polar surface area (TPSA) is 78.0 Å². The molecule has 28 heavy (non-hydrogen) atoms. The third kappa shape index (κ3) is 3.94. The molecule has 0 saturated carbocycles. The molecule has 4 heterocycles. The highest BCUT2D eigenvalue weighted by Gasteiger charge is 2.32. The average Bonchev–Trinajstić information content (AvgIpc) is 3.14. The lowest BCUT2D eigenvalue weighted by molar-refractivity contribution is 0.0593. The molecule has 2 aromatic heterocycles. The Balaban J connectivity index is 1.56. The lowest BCUT2D eigenvalue weighted by atomic mass is 9.99. The van der Waals surface area contributed by atoms with Gasteiger partial charge < -0.3 is 9.80 Å². The standard InChI is InChI=1S/C21H30N6O/c1-14(2)10-16-11-18(25-24-16)21(28)27-8-5-4-6-19(27)20-22-12-15-13-26(3)9-7-17(15)23-20/h11-12,14,19H,4-10,13H2,1-3H3,(H,24,25)/t19-/m1/s1. The predicted molar refractivity (Wildman–Crippen MR) is 107 cm³/mol. The first-order valence-corrected chi connectivity index (χ1v) is 10.4. The Labute approximate surface area is 166 Å². The number of carbonyl (C=O) groups excluding carboxylic acids is 1. The van der Waals surface area contributed by atoms with Gasteiger partial charge in [-0.05, 0) is 44.7 Å². The fraction of sp³-hybridized carbons (Fsp3) is 0.619. The summed E-state index contributed by atoms with van der Waals surface area (Å²) in [4.78, 5) is 27.0. The first kappa shape index (κ1) is 19.1. The molecule has 7 nitrogen and oxygen atoms in total. The molecule has 2 aliphatic rings. The highest BCUT2D eigenvalue weighted by atomic mass is 16.2. The largest absolute Gasteiger partial charge is 0.327 e. The maximum absolute atomic E-state index is 13.2. The minimum absolute atomic E-state index is 0.0167. The molecule has 2 aliphatic heterocycles. The fourth-order valence-electron chi connectivity index (χ4n) is 4.24. The molecule has 1 atom stereocenters. The molecule has 150 valence electrons. The third-order valence-electron chi connectivity index (χ3n) is 5.68. The normalized spacial score (nSPS) is 20.4. The number of aromatic amines is 1. The summed E-state index contributed by atoms with van der Waals surface area (Å²) in [5, 5.41) is 7.31. The van der Waals surface area contributed by atoms with Crippen molar-refractivity contribution in [3.05, 3.63) is 40.7 Å². The van der Waals surface area contributed by atoms with Gasteiger partial charge in [0.15, 0.2) is 5.82 Å². The Bertz CT molecular complexity index is 845. The van der Waals surface area contributed by atoms with Crippen molar-refractivity contribution in [1.82, 2.24) is 30.0 Å². The summed E-state index contributed by atoms with van der Waals surface area (Å²) < 4.78 is 0. The predicted octanol–water partition coefficient (Wildman–Crippen LogP) is 2.75. The lowest BCUT2D eigenvalue weighted by Gasteiger charge is -2.35. The van der Waals surface area contributed by atoms with Crippen LogP contribution in [0.4, 0.5) is 0 Å². The van der Waals surface area contributed by atoms with Gasteiger partial charge in [0.25, 0.3) is 5.91 Å². The van der Waals surface area contributed by atoms with Crippen LogP contribution in [-0.2, 0) is 19.4 Å². The Morgan fingerprint density at radius 3 is 3.00 bits per heavy atom. The number of piperidine rings is 1. The van der Waals surface area contributed by atoms with Crippen LogP contribution >= 0.6 is 0 Å². The quantitative estimate of drug-likeness (QED) is 0.880. The number of nitrogens with zero attached hydrogens (tertiary/aromatic N) is 5. The number of aromatic nitrogens is 4. The van der Waals surface area contributed by atoms with E-state index in [1.807, 2.05) is 17.2 Å². The number of likely N-dealkylation sites (tertiary alicyclic amines) is 1. The number of fused-ring (bicyclic) bond motifs is 1. The minimum atomic E-state index is -0.0588. The van der Waals surface area contributed by atoms with E-state index in [2.05, 4.69) is 41.0 Å². The van der Waals surface area contributed by atoms with E-state index in [4.69, 9.17) is 4.98 Å². The van der Waals surface area contributed by atoms with Gasteiger partial charge >= 0.3 is 0 Å². The van der Waals surface area contributed by atoms with Crippen LogP contribution in [0.2, 0.25) is 0 Å². The summed E-state index contributed by atoms with van der Waals surface area (Å²) in [5.41, 5.74) is 3.86. The molecular weight excluding hydrogens is 352 g/mol. The van der Waals surface area contributed by atoms with Gasteiger partial charge in [0.2, 0.25) is 0 Å². The summed E-state index contributed by atoms with van der Waals surface area (Å²) in [7, 11) is 2.12. The molecule has 1 amide bonds. The number of amides is 1. The van der Waals surface area contributed by atoms with Crippen LogP contribution in [0.1, 0.15) is 72.4 Å². The van der Waals surface area contributed by atoms with Gasteiger partial charge in [-0.3, -0.25) is 9.89 Å². The number of carbonyl (C=O) groups is 1. The van der Waals surface area contributed by atoms with Crippen molar-refractivity contribution in [3.8, 4) is 0 Å². The van der Waals surface area contributed by atoms with Crippen LogP contribution in [-0.4, -0.2) is 56.0 Å². The summed E-state index contributed by atoms with van der Waals surface area (Å²) in [5.74, 6) is 1.29. The molecule has 7 heteroatoms. The first-order valence-electron chi connectivity index (χ1n) is 10.4. The van der Waals surface area contributed by atoms with Gasteiger partial charge in [-0.15, -0.1) is 0 Å². The second kappa shape index (κ2) is 7.99. The number of H-pyrrole nitrogens is 1. The van der Waals surface area contributed by atoms with Crippen molar-refractivity contribution in [2.24, 2.45) is 5.92 Å². The van der Waals surface area contributed by atoms with E-state index in [0.29, 0.717) is 11.6 Å². The maximum Gasteiger partial charge on any atom is 0.274 e. The van der Waals surface area contributed by atoms with Crippen molar-refractivity contribution in [3.63, 3.8) is 0 Å². The SMILES string of the molecule is CC(C)Cc1cc(C(=O)N2CCCC[C@@H]2c2ncc3c(n2)CCN(C)C3)n[nH]1. The number of hydrogen-bond acceptors (Lipinski definition) is 5. The van der Waals surface area contributed by atoms with E-state index in [-0.39, 0.29) is 11.9 Å². The second-order valence-electron chi connectivity index (χ2n) is 8.57. The Kier molecular flexibility index (Phi) is 5.44. The molecule has 0 aromatic carbocycles. The highest BCUT2D eigenvalue weighted by molar-refractivity contribution is 5.92. The summed E-state index contributed by atoms with van der Waals surface area (Å²) in [6.45, 7) is 6.97. The third-order valence-corrected chi connectivity index (χ3v) is 5.68. The number of hydrogen-bond donors (Lipinski definition) is 1. The number of rotatable bonds is 4. The monoisotopic (exact) mass is 382 g/mol. The molecular formula is C21H30N6O. The second-order valence-corrected chi connectivity index (χ2v) is 8.57. The zero-order valence-corrected chi connectivity index (χ0v) is 17.1. The minimum Gasteiger partial charge on any atom is -0.327 e. The summed E-state index contributed by atoms with van der Waals surface area (Å²) in [6, 6.07) is 1.84. The zero-order chi connectivity index (χ0) is 19.7. The number of likely N-dealkylation sites (N-methyl/N-ethyl adjacent to an activating group) is 1. The van der Waals surface area contributed by atoms with Gasteiger partial charge in [-0.1, -0.05) is 13.8 Å². The molecule has 0 bridgehead atoms. The molecule has 0 aliphatic carbocycles. The van der Waals surface area contributed by atoms with Gasteiger partial charge in [0.1, 0.15) is 5.69 Å². The molecule has 1 saturated heterocycles. The van der Waals surface area contributed by atoms with Crippen LogP contribution in [0.15, 0.2) is 12.3 Å². The molecule has 1 N–H and O–H groups in total. The Morgan fingerprint density at radius 2 is 2.18 bits per heavy atom. The Hall–Kier alpha value is -2.28. The number of nitrogens with one attached hydrogen (secondary N) is 1. The van der Waals surface area contributed by atoms with Crippen LogP contribution in [0.5, 0.6) is 0 Å². The molecule has 0 unspecified atom stereocenters. The van der Waals surface area contributed by atoms with E-state index in [1.165, 1.54) is 5.56 Å². The summed E-state index contributed by atoms with van der Waals surface area (Å²) >= 11 is 0. The van der Waals surface area contributed by atoms with Crippen LogP contribution in [0.25, 0.3) is 0 Å². The van der Waals surface area contributed by atoms with Crippen LogP contribution in [0, 0.1) is 5.92 Å². The van der Waals surface area contributed by atoms with Crippen molar-refractivity contribution < 1.29 is 4.79 Å². The lowest BCUT2D eigenvalue weighted by Crippen LogP contribution is -2.40. The zero-order valence-electron chi connectivity index (χ0n) is 17.1. The average molecular weight is 383 g/mol. The Morgan fingerprint density at radius 1 is 1.32 bits per heavy atom. The molecule has 0 spiro atoms. The molecule has 4 rings (SSSR count). The van der Waals surface area contributed by atoms with Crippen molar-refractivity contribution in [2.45, 2.75) is 58.5 Å².